The molecule has 0 radical (unpaired) electrons. The van der Waals surface area contributed by atoms with Crippen molar-refractivity contribution in [1.82, 2.24) is 5.32 Å². The van der Waals surface area contributed by atoms with Crippen molar-refractivity contribution in [3.05, 3.63) is 94.5 Å². The molecule has 0 saturated carbocycles. The van der Waals surface area contributed by atoms with E-state index in [9.17, 15) is 13.2 Å². The van der Waals surface area contributed by atoms with Gasteiger partial charge in [-0.1, -0.05) is 43.3 Å². The second-order valence-corrected chi connectivity index (χ2v) is 9.46. The number of sulfonamides is 1. The van der Waals surface area contributed by atoms with Gasteiger partial charge >= 0.3 is 0 Å². The van der Waals surface area contributed by atoms with Crippen LogP contribution in [0.2, 0.25) is 0 Å². The molecule has 31 heavy (non-hydrogen) atoms. The first-order valence-electron chi connectivity index (χ1n) is 10.3. The van der Waals surface area contributed by atoms with Crippen LogP contribution in [-0.4, -0.2) is 14.3 Å². The van der Waals surface area contributed by atoms with Crippen LogP contribution in [0.25, 0.3) is 0 Å². The molecule has 0 fully saturated rings. The van der Waals surface area contributed by atoms with Gasteiger partial charge in [-0.25, -0.2) is 8.42 Å². The largest absolute Gasteiger partial charge is 0.345 e. The van der Waals surface area contributed by atoms with E-state index in [1.165, 1.54) is 23.3 Å². The van der Waals surface area contributed by atoms with Gasteiger partial charge in [-0.15, -0.1) is 0 Å². The highest BCUT2D eigenvalue weighted by atomic mass is 32.2. The highest BCUT2D eigenvalue weighted by molar-refractivity contribution is 7.92. The van der Waals surface area contributed by atoms with Gasteiger partial charge in [0.05, 0.1) is 10.9 Å². The van der Waals surface area contributed by atoms with Gasteiger partial charge in [-0.2, -0.15) is 0 Å². The predicted molar refractivity (Wildman–Crippen MR) is 125 cm³/mol. The number of amides is 1. The highest BCUT2D eigenvalue weighted by Crippen LogP contribution is 2.22. The summed E-state index contributed by atoms with van der Waals surface area (Å²) in [6, 6.07) is 19.2. The Morgan fingerprint density at radius 2 is 1.65 bits per heavy atom. The third-order valence-electron chi connectivity index (χ3n) is 5.32. The Balaban J connectivity index is 1.81. The molecule has 5 nitrogen and oxygen atoms in total. The molecule has 0 aliphatic carbocycles. The first kappa shape index (κ1) is 22.6. The number of benzene rings is 3. The summed E-state index contributed by atoms with van der Waals surface area (Å²) in [7, 11) is -3.81. The molecule has 3 aromatic rings. The maximum Gasteiger partial charge on any atom is 0.261 e. The third kappa shape index (κ3) is 5.52. The van der Waals surface area contributed by atoms with Gasteiger partial charge in [0.15, 0.2) is 0 Å². The molecular weight excluding hydrogens is 408 g/mol. The molecule has 0 unspecified atom stereocenters. The molecule has 0 heterocycles. The molecule has 1 atom stereocenters. The Hall–Kier alpha value is -3.12. The fourth-order valence-corrected chi connectivity index (χ4v) is 4.47. The Morgan fingerprint density at radius 1 is 0.903 bits per heavy atom. The van der Waals surface area contributed by atoms with Crippen molar-refractivity contribution in [3.63, 3.8) is 0 Å². The van der Waals surface area contributed by atoms with Crippen LogP contribution in [0.1, 0.15) is 52.0 Å². The van der Waals surface area contributed by atoms with Crippen LogP contribution in [0.4, 0.5) is 5.69 Å². The second kappa shape index (κ2) is 9.35. The molecule has 3 aromatic carbocycles. The monoisotopic (exact) mass is 436 g/mol. The molecule has 0 bridgehead atoms. The summed E-state index contributed by atoms with van der Waals surface area (Å²) in [4.78, 5) is 12.9. The van der Waals surface area contributed by atoms with E-state index < -0.39 is 10.0 Å². The molecule has 2 N–H and O–H groups in total. The minimum atomic E-state index is -3.81. The minimum Gasteiger partial charge on any atom is -0.345 e. The lowest BCUT2D eigenvalue weighted by atomic mass is 9.99. The first-order chi connectivity index (χ1) is 14.7. The molecule has 162 valence electrons. The maximum absolute atomic E-state index is 12.9. The van der Waals surface area contributed by atoms with Gasteiger partial charge in [-0.3, -0.25) is 9.52 Å². The molecule has 1 amide bonds. The van der Waals surface area contributed by atoms with Crippen LogP contribution in [0, 0.1) is 20.8 Å². The van der Waals surface area contributed by atoms with Crippen molar-refractivity contribution in [2.75, 3.05) is 4.72 Å². The highest BCUT2D eigenvalue weighted by Gasteiger charge is 2.19. The molecule has 0 aliphatic heterocycles. The van der Waals surface area contributed by atoms with E-state index in [2.05, 4.69) is 23.0 Å². The lowest BCUT2D eigenvalue weighted by Crippen LogP contribution is -2.28. The second-order valence-electron chi connectivity index (χ2n) is 7.78. The Kier molecular flexibility index (Phi) is 6.81. The third-order valence-corrected chi connectivity index (χ3v) is 6.70. The van der Waals surface area contributed by atoms with Crippen molar-refractivity contribution < 1.29 is 13.2 Å². The zero-order valence-corrected chi connectivity index (χ0v) is 19.1. The zero-order chi connectivity index (χ0) is 22.6. The van der Waals surface area contributed by atoms with Gasteiger partial charge in [0.1, 0.15) is 0 Å². The summed E-state index contributed by atoms with van der Waals surface area (Å²) in [5.41, 5.74) is 5.13. The van der Waals surface area contributed by atoms with E-state index in [4.69, 9.17) is 0 Å². The average Bonchev–Trinajstić information content (AvgIpc) is 2.73. The number of carbonyl (C=O) groups is 1. The van der Waals surface area contributed by atoms with Gasteiger partial charge in [0.2, 0.25) is 0 Å². The van der Waals surface area contributed by atoms with Gasteiger partial charge < -0.3 is 5.32 Å². The van der Waals surface area contributed by atoms with Gasteiger partial charge in [0.25, 0.3) is 15.9 Å². The Morgan fingerprint density at radius 3 is 2.32 bits per heavy atom. The average molecular weight is 437 g/mol. The van der Waals surface area contributed by atoms with Crippen molar-refractivity contribution in [1.29, 1.82) is 0 Å². The Bertz CT molecular complexity index is 1200. The standard InChI is InChI=1S/C25H28N2O3S/c1-5-24(20-13-12-18(3)19(4)15-20)26-25(28)21-9-7-11-23(16-21)31(29,30)27-22-10-6-8-17(2)14-22/h6-16,24,27H,5H2,1-4H3,(H,26,28)/t24-/m0/s1. The number of hydrogen-bond donors (Lipinski definition) is 2. The lowest BCUT2D eigenvalue weighted by molar-refractivity contribution is 0.0935. The van der Waals surface area contributed by atoms with E-state index in [1.807, 2.05) is 39.0 Å². The van der Waals surface area contributed by atoms with Crippen LogP contribution in [0.5, 0.6) is 0 Å². The molecule has 0 aliphatic rings. The molecule has 6 heteroatoms. The van der Waals surface area contributed by atoms with E-state index in [0.29, 0.717) is 11.3 Å². The SMILES string of the molecule is CC[C@H](NC(=O)c1cccc(S(=O)(=O)Nc2cccc(C)c2)c1)c1ccc(C)c(C)c1. The molecular formula is C25H28N2O3S. The summed E-state index contributed by atoms with van der Waals surface area (Å²) in [6.45, 7) is 7.99. The number of nitrogens with one attached hydrogen (secondary N) is 2. The fourth-order valence-electron chi connectivity index (χ4n) is 3.37. The molecule has 3 rings (SSSR count). The van der Waals surface area contributed by atoms with Crippen molar-refractivity contribution in [3.8, 4) is 0 Å². The smallest absolute Gasteiger partial charge is 0.261 e. The number of hydrogen-bond acceptors (Lipinski definition) is 3. The minimum absolute atomic E-state index is 0.0425. The number of rotatable bonds is 7. The summed E-state index contributed by atoms with van der Waals surface area (Å²) < 4.78 is 28.2. The molecule has 0 spiro atoms. The van der Waals surface area contributed by atoms with Crippen molar-refractivity contribution >= 4 is 21.6 Å². The van der Waals surface area contributed by atoms with Crippen LogP contribution in [0.3, 0.4) is 0 Å². The topological polar surface area (TPSA) is 75.3 Å². The lowest BCUT2D eigenvalue weighted by Gasteiger charge is -2.19. The van der Waals surface area contributed by atoms with E-state index in [1.54, 1.807) is 30.3 Å². The molecule has 0 saturated heterocycles. The predicted octanol–water partition coefficient (Wildman–Crippen LogP) is 5.29. The molecule has 0 aromatic heterocycles. The van der Waals surface area contributed by atoms with Crippen LogP contribution in [0.15, 0.2) is 71.6 Å². The van der Waals surface area contributed by atoms with Crippen LogP contribution >= 0.6 is 0 Å². The number of anilines is 1. The summed E-state index contributed by atoms with van der Waals surface area (Å²) >= 11 is 0. The normalized spacial score (nSPS) is 12.3. The zero-order valence-electron chi connectivity index (χ0n) is 18.3. The number of carbonyl (C=O) groups excluding carboxylic acids is 1. The number of aryl methyl sites for hydroxylation is 3. The van der Waals surface area contributed by atoms with Gasteiger partial charge in [0, 0.05) is 11.3 Å². The first-order valence-corrected chi connectivity index (χ1v) is 11.8. The van der Waals surface area contributed by atoms with E-state index in [0.717, 1.165) is 17.5 Å². The van der Waals surface area contributed by atoms with E-state index in [-0.39, 0.29) is 16.8 Å². The fraction of sp³-hybridized carbons (Fsp3) is 0.240. The van der Waals surface area contributed by atoms with Crippen molar-refractivity contribution in [2.24, 2.45) is 0 Å². The summed E-state index contributed by atoms with van der Waals surface area (Å²) in [5, 5.41) is 3.03. The summed E-state index contributed by atoms with van der Waals surface area (Å²) in [6.07, 6.45) is 0.723. The Labute approximate surface area is 184 Å². The van der Waals surface area contributed by atoms with Crippen LogP contribution < -0.4 is 10.0 Å². The van der Waals surface area contributed by atoms with Crippen molar-refractivity contribution in [2.45, 2.75) is 45.1 Å². The summed E-state index contributed by atoms with van der Waals surface area (Å²) in [5.74, 6) is -0.308. The van der Waals surface area contributed by atoms with Gasteiger partial charge in [-0.05, 0) is 79.8 Å². The van der Waals surface area contributed by atoms with E-state index >= 15 is 0 Å². The van der Waals surface area contributed by atoms with Crippen LogP contribution in [-0.2, 0) is 10.0 Å². The quantitative estimate of drug-likeness (QED) is 0.528. The maximum atomic E-state index is 12.9.